The van der Waals surface area contributed by atoms with Crippen molar-refractivity contribution in [3.63, 3.8) is 0 Å². The van der Waals surface area contributed by atoms with Gasteiger partial charge in [0.25, 0.3) is 5.91 Å². The van der Waals surface area contributed by atoms with Gasteiger partial charge in [-0.05, 0) is 37.3 Å². The molecule has 0 unspecified atom stereocenters. The number of aromatic nitrogens is 1. The number of ether oxygens (including phenoxy) is 1. The van der Waals surface area contributed by atoms with Gasteiger partial charge in [0.2, 0.25) is 5.91 Å². The molecule has 0 saturated heterocycles. The molecule has 0 bridgehead atoms. The van der Waals surface area contributed by atoms with E-state index in [1.165, 1.54) is 6.92 Å². The number of pyridine rings is 1. The number of aryl methyl sites for hydroxylation is 1. The van der Waals surface area contributed by atoms with Crippen LogP contribution in [0.3, 0.4) is 0 Å². The number of benzene rings is 2. The Hall–Kier alpha value is -3.25. The van der Waals surface area contributed by atoms with E-state index in [2.05, 4.69) is 10.6 Å². The zero-order chi connectivity index (χ0) is 20.1. The first-order valence-corrected chi connectivity index (χ1v) is 9.04. The van der Waals surface area contributed by atoms with E-state index in [1.54, 1.807) is 13.2 Å². The summed E-state index contributed by atoms with van der Waals surface area (Å²) in [6.45, 7) is 4.34. The van der Waals surface area contributed by atoms with Crippen LogP contribution < -0.4 is 10.6 Å². The number of nitrogens with one attached hydrogen (secondary N) is 2. The largest absolute Gasteiger partial charge is 0.383 e. The Morgan fingerprint density at radius 3 is 2.50 bits per heavy atom. The fraction of sp³-hybridized carbons (Fsp3) is 0.227. The van der Waals surface area contributed by atoms with E-state index in [-0.39, 0.29) is 11.8 Å². The van der Waals surface area contributed by atoms with Crippen LogP contribution in [0, 0.1) is 6.92 Å². The van der Waals surface area contributed by atoms with Gasteiger partial charge in [-0.3, -0.25) is 9.59 Å². The van der Waals surface area contributed by atoms with Gasteiger partial charge in [-0.15, -0.1) is 0 Å². The number of anilines is 1. The Balaban J connectivity index is 2.02. The molecule has 0 radical (unpaired) electrons. The van der Waals surface area contributed by atoms with Gasteiger partial charge >= 0.3 is 0 Å². The van der Waals surface area contributed by atoms with Gasteiger partial charge in [-0.2, -0.15) is 0 Å². The van der Waals surface area contributed by atoms with Gasteiger partial charge in [0.15, 0.2) is 0 Å². The number of carbonyl (C=O) groups excluding carboxylic acids is 2. The van der Waals surface area contributed by atoms with Crippen molar-refractivity contribution in [3.05, 3.63) is 59.7 Å². The zero-order valence-corrected chi connectivity index (χ0v) is 16.2. The zero-order valence-electron chi connectivity index (χ0n) is 16.2. The molecule has 3 aromatic rings. The fourth-order valence-electron chi connectivity index (χ4n) is 2.96. The molecule has 2 aromatic carbocycles. The molecule has 0 aliphatic rings. The monoisotopic (exact) mass is 377 g/mol. The lowest BCUT2D eigenvalue weighted by atomic mass is 10.0. The molecule has 2 N–H and O–H groups in total. The highest BCUT2D eigenvalue weighted by atomic mass is 16.5. The van der Waals surface area contributed by atoms with Crippen LogP contribution >= 0.6 is 0 Å². The molecule has 2 amide bonds. The lowest BCUT2D eigenvalue weighted by Gasteiger charge is -2.12. The van der Waals surface area contributed by atoms with Crippen molar-refractivity contribution in [2.45, 2.75) is 13.8 Å². The van der Waals surface area contributed by atoms with E-state index < -0.39 is 0 Å². The predicted octanol–water partition coefficient (Wildman–Crippen LogP) is 3.54. The summed E-state index contributed by atoms with van der Waals surface area (Å²) in [4.78, 5) is 28.7. The number of carbonyl (C=O) groups is 2. The summed E-state index contributed by atoms with van der Waals surface area (Å²) in [5, 5.41) is 6.44. The normalized spacial score (nSPS) is 10.7. The van der Waals surface area contributed by atoms with E-state index in [4.69, 9.17) is 9.72 Å². The van der Waals surface area contributed by atoms with Gasteiger partial charge in [0, 0.05) is 37.2 Å². The smallest absolute Gasteiger partial charge is 0.252 e. The number of rotatable bonds is 6. The highest BCUT2D eigenvalue weighted by Crippen LogP contribution is 2.26. The quantitative estimate of drug-likeness (QED) is 0.644. The van der Waals surface area contributed by atoms with Crippen molar-refractivity contribution < 1.29 is 14.3 Å². The van der Waals surface area contributed by atoms with E-state index >= 15 is 0 Å². The number of hydrogen-bond acceptors (Lipinski definition) is 4. The van der Waals surface area contributed by atoms with Crippen LogP contribution in [0.2, 0.25) is 0 Å². The maximum Gasteiger partial charge on any atom is 0.252 e. The Kier molecular flexibility index (Phi) is 6.01. The second-order valence-electron chi connectivity index (χ2n) is 6.58. The molecule has 1 heterocycles. The summed E-state index contributed by atoms with van der Waals surface area (Å²) in [7, 11) is 1.60. The van der Waals surface area contributed by atoms with Crippen LogP contribution in [0.25, 0.3) is 22.2 Å². The van der Waals surface area contributed by atoms with E-state index in [1.807, 2.05) is 49.4 Å². The number of hydrogen-bond donors (Lipinski definition) is 2. The van der Waals surface area contributed by atoms with Crippen LogP contribution in [0.15, 0.2) is 48.5 Å². The van der Waals surface area contributed by atoms with Crippen molar-refractivity contribution in [3.8, 4) is 11.3 Å². The summed E-state index contributed by atoms with van der Waals surface area (Å²) in [5.74, 6) is -0.284. The molecule has 0 aliphatic carbocycles. The number of amides is 2. The first-order chi connectivity index (χ1) is 13.5. The SMILES string of the molecule is COCCNC(=O)c1cc(-c2ccc(NC(C)=O)cc2)nc2ccc(C)cc12. The van der Waals surface area contributed by atoms with E-state index in [0.717, 1.165) is 22.0 Å². The Morgan fingerprint density at radius 1 is 1.07 bits per heavy atom. The van der Waals surface area contributed by atoms with Crippen LogP contribution in [-0.4, -0.2) is 37.1 Å². The fourth-order valence-corrected chi connectivity index (χ4v) is 2.96. The standard InChI is InChI=1S/C22H23N3O3/c1-14-4-9-20-18(12-14)19(22(27)23-10-11-28-3)13-21(25-20)16-5-7-17(8-6-16)24-15(2)26/h4-9,12-13H,10-11H2,1-3H3,(H,23,27)(H,24,26). The summed E-state index contributed by atoms with van der Waals surface area (Å²) in [5.41, 5.74) is 4.67. The Bertz CT molecular complexity index is 1010. The lowest BCUT2D eigenvalue weighted by Crippen LogP contribution is -2.27. The first kappa shape index (κ1) is 19.5. The van der Waals surface area contributed by atoms with Crippen LogP contribution in [0.4, 0.5) is 5.69 Å². The second-order valence-corrected chi connectivity index (χ2v) is 6.58. The van der Waals surface area contributed by atoms with Gasteiger partial charge in [-0.1, -0.05) is 23.8 Å². The molecule has 0 atom stereocenters. The molecule has 144 valence electrons. The minimum Gasteiger partial charge on any atom is -0.383 e. The summed E-state index contributed by atoms with van der Waals surface area (Å²) >= 11 is 0. The predicted molar refractivity (Wildman–Crippen MR) is 110 cm³/mol. The Labute approximate surface area is 163 Å². The molecule has 28 heavy (non-hydrogen) atoms. The molecule has 0 fully saturated rings. The number of methoxy groups -OCH3 is 1. The minimum atomic E-state index is -0.161. The second kappa shape index (κ2) is 8.63. The highest BCUT2D eigenvalue weighted by molar-refractivity contribution is 6.07. The van der Waals surface area contributed by atoms with Crippen molar-refractivity contribution in [2.75, 3.05) is 25.6 Å². The maximum absolute atomic E-state index is 12.8. The summed E-state index contributed by atoms with van der Waals surface area (Å²) in [6, 6.07) is 15.1. The van der Waals surface area contributed by atoms with Crippen LogP contribution in [-0.2, 0) is 9.53 Å². The van der Waals surface area contributed by atoms with Crippen LogP contribution in [0.1, 0.15) is 22.8 Å². The maximum atomic E-state index is 12.8. The topological polar surface area (TPSA) is 80.3 Å². The van der Waals surface area contributed by atoms with E-state index in [9.17, 15) is 9.59 Å². The minimum absolute atomic E-state index is 0.123. The van der Waals surface area contributed by atoms with Crippen molar-refractivity contribution in [2.24, 2.45) is 0 Å². The highest BCUT2D eigenvalue weighted by Gasteiger charge is 2.14. The molecule has 0 saturated carbocycles. The molecule has 0 spiro atoms. The third-order valence-electron chi connectivity index (χ3n) is 4.30. The average molecular weight is 377 g/mol. The van der Waals surface area contributed by atoms with Crippen molar-refractivity contribution in [1.29, 1.82) is 0 Å². The average Bonchev–Trinajstić information content (AvgIpc) is 2.67. The molecule has 1 aromatic heterocycles. The summed E-state index contributed by atoms with van der Waals surface area (Å²) < 4.78 is 5.01. The third-order valence-corrected chi connectivity index (χ3v) is 4.30. The van der Waals surface area contributed by atoms with Gasteiger partial charge in [0.05, 0.1) is 23.4 Å². The lowest BCUT2D eigenvalue weighted by molar-refractivity contribution is -0.114. The number of fused-ring (bicyclic) bond motifs is 1. The molecule has 6 heteroatoms. The number of nitrogens with zero attached hydrogens (tertiary/aromatic N) is 1. The van der Waals surface area contributed by atoms with Crippen molar-refractivity contribution >= 4 is 28.4 Å². The van der Waals surface area contributed by atoms with Gasteiger partial charge in [-0.25, -0.2) is 4.98 Å². The third kappa shape index (κ3) is 4.53. The molecular weight excluding hydrogens is 354 g/mol. The molecule has 0 aliphatic heterocycles. The van der Waals surface area contributed by atoms with Gasteiger partial charge in [0.1, 0.15) is 0 Å². The Morgan fingerprint density at radius 2 is 1.82 bits per heavy atom. The van der Waals surface area contributed by atoms with Gasteiger partial charge < -0.3 is 15.4 Å². The van der Waals surface area contributed by atoms with E-state index in [0.29, 0.717) is 30.1 Å². The first-order valence-electron chi connectivity index (χ1n) is 9.04. The molecule has 3 rings (SSSR count). The molecular formula is C22H23N3O3. The summed E-state index contributed by atoms with van der Waals surface area (Å²) in [6.07, 6.45) is 0. The van der Waals surface area contributed by atoms with Crippen molar-refractivity contribution in [1.82, 2.24) is 10.3 Å². The molecule has 6 nitrogen and oxygen atoms in total. The van der Waals surface area contributed by atoms with Crippen LogP contribution in [0.5, 0.6) is 0 Å².